The number of hydrogen-bond acceptors (Lipinski definition) is 4. The normalized spacial score (nSPS) is 13.4. The Morgan fingerprint density at radius 1 is 0.917 bits per heavy atom. The van der Waals surface area contributed by atoms with Gasteiger partial charge in [0.15, 0.2) is 0 Å². The number of nitrogens with zero attached hydrogens (tertiary/aromatic N) is 2. The number of carbonyl (C=O) groups is 2. The zero-order chi connectivity index (χ0) is 25.4. The van der Waals surface area contributed by atoms with Gasteiger partial charge in [0.2, 0.25) is 5.91 Å². The first-order valence-corrected chi connectivity index (χ1v) is 14.0. The van der Waals surface area contributed by atoms with Gasteiger partial charge in [-0.05, 0) is 55.5 Å². The Labute approximate surface area is 217 Å². The molecule has 2 N–H and O–H groups in total. The van der Waals surface area contributed by atoms with Crippen molar-refractivity contribution in [3.63, 3.8) is 0 Å². The van der Waals surface area contributed by atoms with Crippen LogP contribution < -0.4 is 15.5 Å². The molecule has 2 aromatic rings. The van der Waals surface area contributed by atoms with Gasteiger partial charge in [0, 0.05) is 49.8 Å². The number of rotatable bonds is 15. The van der Waals surface area contributed by atoms with Crippen molar-refractivity contribution in [1.29, 1.82) is 0 Å². The topological polar surface area (TPSA) is 74.3 Å². The van der Waals surface area contributed by atoms with E-state index in [0.717, 1.165) is 50.0 Å². The molecule has 0 spiro atoms. The molecule has 2 heterocycles. The first-order valence-electron chi connectivity index (χ1n) is 14.0. The number of unbranched alkanes of at least 4 members (excludes halogenated alkanes) is 8. The van der Waals surface area contributed by atoms with Gasteiger partial charge in [-0.3, -0.25) is 14.6 Å². The quantitative estimate of drug-likeness (QED) is 0.266. The zero-order valence-corrected chi connectivity index (χ0v) is 22.1. The van der Waals surface area contributed by atoms with Crippen LogP contribution in [-0.2, 0) is 11.3 Å². The van der Waals surface area contributed by atoms with Gasteiger partial charge in [0.1, 0.15) is 0 Å². The van der Waals surface area contributed by atoms with E-state index in [-0.39, 0.29) is 11.8 Å². The maximum atomic E-state index is 13.2. The standard InChI is InChI=1S/C30H44N4O2/c1-2-3-4-5-6-7-8-9-11-16-29(35)33-26-17-18-28(34-20-12-10-13-21-34)27(22-26)30(36)32-24-25-15-14-19-31-23-25/h14-15,17-19,22-23H,2-13,16,20-21,24H2,1H3,(H,32,36)(H,33,35). The maximum Gasteiger partial charge on any atom is 0.253 e. The van der Waals surface area contributed by atoms with Crippen LogP contribution in [0.25, 0.3) is 0 Å². The van der Waals surface area contributed by atoms with E-state index >= 15 is 0 Å². The fourth-order valence-corrected chi connectivity index (χ4v) is 4.81. The molecule has 1 aliphatic heterocycles. The van der Waals surface area contributed by atoms with E-state index < -0.39 is 0 Å². The molecule has 1 aromatic carbocycles. The van der Waals surface area contributed by atoms with Gasteiger partial charge in [-0.1, -0.05) is 64.4 Å². The molecule has 1 saturated heterocycles. The number of carbonyl (C=O) groups excluding carboxylic acids is 2. The van der Waals surface area contributed by atoms with E-state index in [2.05, 4.69) is 27.4 Å². The van der Waals surface area contributed by atoms with Gasteiger partial charge in [0.25, 0.3) is 5.91 Å². The Hall–Kier alpha value is -2.89. The summed E-state index contributed by atoms with van der Waals surface area (Å²) in [7, 11) is 0. The van der Waals surface area contributed by atoms with E-state index in [1.54, 1.807) is 12.4 Å². The van der Waals surface area contributed by atoms with Crippen molar-refractivity contribution in [3.05, 3.63) is 53.9 Å². The first kappa shape index (κ1) is 27.7. The third-order valence-electron chi connectivity index (χ3n) is 6.90. The fraction of sp³-hybridized carbons (Fsp3) is 0.567. The van der Waals surface area contributed by atoms with Gasteiger partial charge in [-0.25, -0.2) is 0 Å². The molecule has 6 nitrogen and oxygen atoms in total. The van der Waals surface area contributed by atoms with Crippen LogP contribution in [0.4, 0.5) is 11.4 Å². The highest BCUT2D eigenvalue weighted by molar-refractivity contribution is 6.02. The predicted octanol–water partition coefficient (Wildman–Crippen LogP) is 6.86. The Morgan fingerprint density at radius 3 is 2.33 bits per heavy atom. The van der Waals surface area contributed by atoms with Crippen molar-refractivity contribution >= 4 is 23.2 Å². The molecule has 0 bridgehead atoms. The minimum absolute atomic E-state index is 0.0189. The van der Waals surface area contributed by atoms with Gasteiger partial charge >= 0.3 is 0 Å². The fourth-order valence-electron chi connectivity index (χ4n) is 4.81. The third-order valence-corrected chi connectivity index (χ3v) is 6.90. The molecule has 1 fully saturated rings. The van der Waals surface area contributed by atoms with Crippen molar-refractivity contribution in [3.8, 4) is 0 Å². The van der Waals surface area contributed by atoms with E-state index in [4.69, 9.17) is 0 Å². The van der Waals surface area contributed by atoms with E-state index in [0.29, 0.717) is 24.2 Å². The van der Waals surface area contributed by atoms with Crippen LogP contribution in [0.1, 0.15) is 106 Å². The molecule has 0 radical (unpaired) electrons. The highest BCUT2D eigenvalue weighted by atomic mass is 16.2. The molecule has 2 amide bonds. The SMILES string of the molecule is CCCCCCCCCCCC(=O)Nc1ccc(N2CCCCC2)c(C(=O)NCc2cccnc2)c1. The molecule has 3 rings (SSSR count). The first-order chi connectivity index (χ1) is 17.7. The van der Waals surface area contributed by atoms with Gasteiger partial charge < -0.3 is 15.5 Å². The van der Waals surface area contributed by atoms with Crippen LogP contribution in [0.15, 0.2) is 42.7 Å². The number of nitrogens with one attached hydrogen (secondary N) is 2. The second kappa shape index (κ2) is 16.0. The second-order valence-corrected chi connectivity index (χ2v) is 9.95. The predicted molar refractivity (Wildman–Crippen MR) is 148 cm³/mol. The van der Waals surface area contributed by atoms with Gasteiger partial charge in [-0.15, -0.1) is 0 Å². The molecule has 0 atom stereocenters. The highest BCUT2D eigenvalue weighted by Crippen LogP contribution is 2.27. The van der Waals surface area contributed by atoms with Crippen molar-refractivity contribution in [2.24, 2.45) is 0 Å². The van der Waals surface area contributed by atoms with Crippen molar-refractivity contribution in [1.82, 2.24) is 10.3 Å². The average Bonchev–Trinajstić information content (AvgIpc) is 2.92. The third kappa shape index (κ3) is 9.63. The lowest BCUT2D eigenvalue weighted by atomic mass is 10.0. The number of pyridine rings is 1. The monoisotopic (exact) mass is 492 g/mol. The molecule has 6 heteroatoms. The summed E-state index contributed by atoms with van der Waals surface area (Å²) < 4.78 is 0. The number of aromatic nitrogens is 1. The summed E-state index contributed by atoms with van der Waals surface area (Å²) in [6.07, 6.45) is 18.6. The summed E-state index contributed by atoms with van der Waals surface area (Å²) in [4.78, 5) is 32.2. The molecular weight excluding hydrogens is 448 g/mol. The average molecular weight is 493 g/mol. The smallest absolute Gasteiger partial charge is 0.253 e. The van der Waals surface area contributed by atoms with E-state index in [9.17, 15) is 9.59 Å². The highest BCUT2D eigenvalue weighted by Gasteiger charge is 2.19. The Balaban J connectivity index is 1.53. The Morgan fingerprint density at radius 2 is 1.64 bits per heavy atom. The number of amides is 2. The lowest BCUT2D eigenvalue weighted by Crippen LogP contribution is -2.32. The summed E-state index contributed by atoms with van der Waals surface area (Å²) in [5.41, 5.74) is 3.19. The Kier molecular flexibility index (Phi) is 12.3. The number of piperidine rings is 1. The van der Waals surface area contributed by atoms with Crippen molar-refractivity contribution in [2.45, 2.75) is 96.9 Å². The van der Waals surface area contributed by atoms with Crippen LogP contribution in [0.2, 0.25) is 0 Å². The van der Waals surface area contributed by atoms with Gasteiger partial charge in [0.05, 0.1) is 5.56 Å². The van der Waals surface area contributed by atoms with Crippen LogP contribution >= 0.6 is 0 Å². The molecular formula is C30H44N4O2. The summed E-state index contributed by atoms with van der Waals surface area (Å²) in [5.74, 6) is -0.111. The zero-order valence-electron chi connectivity index (χ0n) is 22.1. The van der Waals surface area contributed by atoms with Gasteiger partial charge in [-0.2, -0.15) is 0 Å². The molecule has 36 heavy (non-hydrogen) atoms. The van der Waals surface area contributed by atoms with Crippen LogP contribution in [0.5, 0.6) is 0 Å². The van der Waals surface area contributed by atoms with Crippen molar-refractivity contribution < 1.29 is 9.59 Å². The van der Waals surface area contributed by atoms with E-state index in [1.165, 1.54) is 51.4 Å². The minimum Gasteiger partial charge on any atom is -0.371 e. The summed E-state index contributed by atoms with van der Waals surface area (Å²) in [6, 6.07) is 9.55. The minimum atomic E-state index is -0.130. The van der Waals surface area contributed by atoms with Crippen molar-refractivity contribution in [2.75, 3.05) is 23.3 Å². The lowest BCUT2D eigenvalue weighted by Gasteiger charge is -2.30. The number of benzene rings is 1. The lowest BCUT2D eigenvalue weighted by molar-refractivity contribution is -0.116. The summed E-state index contributed by atoms with van der Waals surface area (Å²) in [5, 5.41) is 6.05. The molecule has 0 aliphatic carbocycles. The van der Waals surface area contributed by atoms with Crippen LogP contribution in [0, 0.1) is 0 Å². The number of hydrogen-bond donors (Lipinski definition) is 2. The molecule has 1 aromatic heterocycles. The summed E-state index contributed by atoms with van der Waals surface area (Å²) in [6.45, 7) is 4.56. The Bertz CT molecular complexity index is 926. The van der Waals surface area contributed by atoms with Crippen LogP contribution in [-0.4, -0.2) is 29.9 Å². The van der Waals surface area contributed by atoms with E-state index in [1.807, 2.05) is 30.3 Å². The molecule has 0 unspecified atom stereocenters. The second-order valence-electron chi connectivity index (χ2n) is 9.95. The molecule has 0 saturated carbocycles. The van der Waals surface area contributed by atoms with Crippen LogP contribution in [0.3, 0.4) is 0 Å². The number of anilines is 2. The molecule has 196 valence electrons. The maximum absolute atomic E-state index is 13.2. The summed E-state index contributed by atoms with van der Waals surface area (Å²) >= 11 is 0. The molecule has 1 aliphatic rings. The largest absolute Gasteiger partial charge is 0.371 e.